The lowest BCUT2D eigenvalue weighted by Crippen LogP contribution is -2.36. The summed E-state index contributed by atoms with van der Waals surface area (Å²) in [5, 5.41) is 2.86. The Hall–Kier alpha value is -1.40. The van der Waals surface area contributed by atoms with Gasteiger partial charge in [-0.3, -0.25) is 4.79 Å². The molecule has 0 aliphatic carbocycles. The number of hydrogen-bond donors (Lipinski definition) is 1. The molecular formula is C16H24N2O3S. The Morgan fingerprint density at radius 3 is 2.59 bits per heavy atom. The molecular weight excluding hydrogens is 300 g/mol. The van der Waals surface area contributed by atoms with Crippen LogP contribution in [0.1, 0.15) is 49.9 Å². The van der Waals surface area contributed by atoms with Gasteiger partial charge in [0, 0.05) is 24.7 Å². The van der Waals surface area contributed by atoms with Crippen molar-refractivity contribution in [3.05, 3.63) is 29.8 Å². The summed E-state index contributed by atoms with van der Waals surface area (Å²) < 4.78 is 26.8. The molecule has 5 nitrogen and oxygen atoms in total. The molecule has 1 aliphatic rings. The van der Waals surface area contributed by atoms with Crippen LogP contribution in [0.3, 0.4) is 0 Å². The molecule has 1 aromatic carbocycles. The summed E-state index contributed by atoms with van der Waals surface area (Å²) in [7, 11) is -3.50. The highest BCUT2D eigenvalue weighted by Crippen LogP contribution is 2.21. The summed E-state index contributed by atoms with van der Waals surface area (Å²) in [4.78, 5) is 12.4. The van der Waals surface area contributed by atoms with Crippen molar-refractivity contribution in [3.8, 4) is 0 Å². The van der Waals surface area contributed by atoms with Gasteiger partial charge < -0.3 is 5.32 Å². The Labute approximate surface area is 132 Å². The average molecular weight is 324 g/mol. The number of amides is 1. The first kappa shape index (κ1) is 17.0. The third-order valence-corrected chi connectivity index (χ3v) is 5.93. The van der Waals surface area contributed by atoms with E-state index in [9.17, 15) is 13.2 Å². The van der Waals surface area contributed by atoms with E-state index in [1.54, 1.807) is 18.2 Å². The van der Waals surface area contributed by atoms with Crippen LogP contribution in [-0.2, 0) is 10.0 Å². The zero-order valence-corrected chi connectivity index (χ0v) is 14.0. The molecule has 1 unspecified atom stereocenters. The number of sulfonamides is 1. The van der Waals surface area contributed by atoms with E-state index in [1.807, 2.05) is 13.8 Å². The summed E-state index contributed by atoms with van der Waals surface area (Å²) in [5.41, 5.74) is 0.387. The normalized spacial score (nSPS) is 17.9. The first-order valence-corrected chi connectivity index (χ1v) is 9.30. The number of piperidine rings is 1. The second-order valence-electron chi connectivity index (χ2n) is 5.78. The molecule has 0 saturated carbocycles. The zero-order chi connectivity index (χ0) is 16.2. The predicted octanol–water partition coefficient (Wildman–Crippen LogP) is 2.39. The first-order chi connectivity index (χ1) is 10.4. The smallest absolute Gasteiger partial charge is 0.251 e. The van der Waals surface area contributed by atoms with E-state index >= 15 is 0 Å². The molecule has 122 valence electrons. The fraction of sp³-hybridized carbons (Fsp3) is 0.562. The highest BCUT2D eigenvalue weighted by atomic mass is 32.2. The molecule has 0 spiro atoms. The van der Waals surface area contributed by atoms with E-state index in [0.717, 1.165) is 25.7 Å². The van der Waals surface area contributed by atoms with Crippen LogP contribution in [0.25, 0.3) is 0 Å². The highest BCUT2D eigenvalue weighted by molar-refractivity contribution is 7.89. The highest BCUT2D eigenvalue weighted by Gasteiger charge is 2.26. The minimum atomic E-state index is -3.50. The van der Waals surface area contributed by atoms with E-state index in [0.29, 0.717) is 18.7 Å². The molecule has 2 rings (SSSR count). The van der Waals surface area contributed by atoms with Gasteiger partial charge in [-0.25, -0.2) is 8.42 Å². The average Bonchev–Trinajstić information content (AvgIpc) is 2.55. The minimum Gasteiger partial charge on any atom is -0.350 e. The van der Waals surface area contributed by atoms with Gasteiger partial charge in [0.25, 0.3) is 5.91 Å². The summed E-state index contributed by atoms with van der Waals surface area (Å²) in [6.45, 7) is 5.03. The largest absolute Gasteiger partial charge is 0.350 e. The minimum absolute atomic E-state index is 0.0647. The number of carbonyl (C=O) groups is 1. The van der Waals surface area contributed by atoms with Crippen molar-refractivity contribution in [1.82, 2.24) is 9.62 Å². The van der Waals surface area contributed by atoms with Gasteiger partial charge in [0.15, 0.2) is 0 Å². The lowest BCUT2D eigenvalue weighted by Gasteiger charge is -2.26. The lowest BCUT2D eigenvalue weighted by molar-refractivity contribution is 0.0939. The number of rotatable bonds is 5. The molecule has 1 aromatic rings. The predicted molar refractivity (Wildman–Crippen MR) is 86.3 cm³/mol. The van der Waals surface area contributed by atoms with Crippen molar-refractivity contribution < 1.29 is 13.2 Å². The number of nitrogens with zero attached hydrogens (tertiary/aromatic N) is 1. The maximum Gasteiger partial charge on any atom is 0.251 e. The van der Waals surface area contributed by atoms with Crippen molar-refractivity contribution in [1.29, 1.82) is 0 Å². The quantitative estimate of drug-likeness (QED) is 0.904. The maximum absolute atomic E-state index is 12.6. The Kier molecular flexibility index (Phi) is 5.58. The first-order valence-electron chi connectivity index (χ1n) is 7.86. The van der Waals surface area contributed by atoms with E-state index < -0.39 is 10.0 Å². The molecule has 1 aliphatic heterocycles. The van der Waals surface area contributed by atoms with Crippen LogP contribution < -0.4 is 5.32 Å². The molecule has 22 heavy (non-hydrogen) atoms. The molecule has 1 saturated heterocycles. The van der Waals surface area contributed by atoms with Gasteiger partial charge in [0.05, 0.1) is 4.90 Å². The van der Waals surface area contributed by atoms with Gasteiger partial charge in [-0.15, -0.1) is 0 Å². The second-order valence-corrected chi connectivity index (χ2v) is 7.71. The Bertz CT molecular complexity index is 622. The fourth-order valence-corrected chi connectivity index (χ4v) is 4.02. The van der Waals surface area contributed by atoms with Crippen molar-refractivity contribution in [3.63, 3.8) is 0 Å². The van der Waals surface area contributed by atoms with Crippen LogP contribution in [0, 0.1) is 0 Å². The van der Waals surface area contributed by atoms with Crippen LogP contribution in [0.4, 0.5) is 0 Å². The number of carbonyl (C=O) groups excluding carboxylic acids is 1. The molecule has 1 amide bonds. The molecule has 1 atom stereocenters. The third-order valence-electron chi connectivity index (χ3n) is 4.04. The van der Waals surface area contributed by atoms with Gasteiger partial charge in [-0.05, 0) is 44.4 Å². The molecule has 1 heterocycles. The van der Waals surface area contributed by atoms with Gasteiger partial charge in [-0.1, -0.05) is 19.4 Å². The van der Waals surface area contributed by atoms with Crippen molar-refractivity contribution in [2.75, 3.05) is 13.1 Å². The van der Waals surface area contributed by atoms with Gasteiger partial charge in [0.2, 0.25) is 10.0 Å². The lowest BCUT2D eigenvalue weighted by atomic mass is 10.2. The molecule has 0 radical (unpaired) electrons. The van der Waals surface area contributed by atoms with Gasteiger partial charge in [-0.2, -0.15) is 4.31 Å². The van der Waals surface area contributed by atoms with Crippen molar-refractivity contribution >= 4 is 15.9 Å². The van der Waals surface area contributed by atoms with Crippen LogP contribution in [0.2, 0.25) is 0 Å². The summed E-state index contributed by atoms with van der Waals surface area (Å²) in [6, 6.07) is 6.37. The fourth-order valence-electron chi connectivity index (χ4n) is 2.46. The van der Waals surface area contributed by atoms with Crippen molar-refractivity contribution in [2.24, 2.45) is 0 Å². The van der Waals surface area contributed by atoms with E-state index in [1.165, 1.54) is 10.4 Å². The van der Waals surface area contributed by atoms with Crippen molar-refractivity contribution in [2.45, 2.75) is 50.5 Å². The zero-order valence-electron chi connectivity index (χ0n) is 13.2. The Morgan fingerprint density at radius 1 is 1.27 bits per heavy atom. The van der Waals surface area contributed by atoms with Crippen LogP contribution in [0.5, 0.6) is 0 Å². The Morgan fingerprint density at radius 2 is 1.95 bits per heavy atom. The second kappa shape index (κ2) is 7.24. The van der Waals surface area contributed by atoms with Gasteiger partial charge >= 0.3 is 0 Å². The molecule has 0 aromatic heterocycles. The Balaban J connectivity index is 2.22. The molecule has 0 bridgehead atoms. The SMILES string of the molecule is CCC(C)NC(=O)c1cccc(S(=O)(=O)N2CCCCC2)c1. The number of nitrogens with one attached hydrogen (secondary N) is 1. The van der Waals surface area contributed by atoms with E-state index in [4.69, 9.17) is 0 Å². The topological polar surface area (TPSA) is 66.5 Å². The molecule has 1 N–H and O–H groups in total. The number of hydrogen-bond acceptors (Lipinski definition) is 3. The van der Waals surface area contributed by atoms with Crippen LogP contribution in [-0.4, -0.2) is 37.8 Å². The monoisotopic (exact) mass is 324 g/mol. The standard InChI is InChI=1S/C16H24N2O3S/c1-3-13(2)17-16(19)14-8-7-9-15(12-14)22(20,21)18-10-5-4-6-11-18/h7-9,12-13H,3-6,10-11H2,1-2H3,(H,17,19). The van der Waals surface area contributed by atoms with E-state index in [-0.39, 0.29) is 16.8 Å². The van der Waals surface area contributed by atoms with E-state index in [2.05, 4.69) is 5.32 Å². The van der Waals surface area contributed by atoms with Crippen LogP contribution in [0.15, 0.2) is 29.2 Å². The molecule has 6 heteroatoms. The van der Waals surface area contributed by atoms with Gasteiger partial charge in [0.1, 0.15) is 0 Å². The maximum atomic E-state index is 12.6. The van der Waals surface area contributed by atoms with Crippen LogP contribution >= 0.6 is 0 Å². The third kappa shape index (κ3) is 3.87. The number of benzene rings is 1. The summed E-state index contributed by atoms with van der Waals surface area (Å²) >= 11 is 0. The summed E-state index contributed by atoms with van der Waals surface area (Å²) in [5.74, 6) is -0.231. The molecule has 1 fully saturated rings. The summed E-state index contributed by atoms with van der Waals surface area (Å²) in [6.07, 6.45) is 3.70.